The van der Waals surface area contributed by atoms with E-state index in [-0.39, 0.29) is 11.7 Å². The van der Waals surface area contributed by atoms with E-state index in [0.717, 1.165) is 0 Å². The van der Waals surface area contributed by atoms with E-state index >= 15 is 0 Å². The number of nitrogens with one attached hydrogen (secondary N) is 1. The van der Waals surface area contributed by atoms with Gasteiger partial charge in [0, 0.05) is 5.69 Å². The SMILES string of the molecule is CC=C(Br)C(=O)Nc1cccc(F)c1. The third kappa shape index (κ3) is 2.96. The van der Waals surface area contributed by atoms with Gasteiger partial charge in [0.25, 0.3) is 5.91 Å². The normalized spacial score (nSPS) is 11.2. The van der Waals surface area contributed by atoms with E-state index in [1.807, 2.05) is 0 Å². The Kier molecular flexibility index (Phi) is 3.83. The number of anilines is 1. The van der Waals surface area contributed by atoms with Gasteiger partial charge < -0.3 is 5.32 Å². The van der Waals surface area contributed by atoms with Crippen LogP contribution in [0.15, 0.2) is 34.8 Å². The first-order valence-corrected chi connectivity index (χ1v) is 4.81. The second-order valence-electron chi connectivity index (χ2n) is 2.60. The van der Waals surface area contributed by atoms with E-state index in [1.165, 1.54) is 18.2 Å². The number of hydrogen-bond donors (Lipinski definition) is 1. The number of hydrogen-bond acceptors (Lipinski definition) is 1. The number of benzene rings is 1. The van der Waals surface area contributed by atoms with E-state index < -0.39 is 0 Å². The summed E-state index contributed by atoms with van der Waals surface area (Å²) < 4.78 is 13.1. The van der Waals surface area contributed by atoms with Crippen molar-refractivity contribution in [1.82, 2.24) is 0 Å². The fourth-order valence-electron chi connectivity index (χ4n) is 0.888. The minimum absolute atomic E-state index is 0.293. The first-order valence-electron chi connectivity index (χ1n) is 4.02. The summed E-state index contributed by atoms with van der Waals surface area (Å²) in [5.41, 5.74) is 0.439. The standard InChI is InChI=1S/C10H9BrFNO/c1-2-9(11)10(14)13-8-5-3-4-7(12)6-8/h2-6H,1H3,(H,13,14). The summed E-state index contributed by atoms with van der Waals surface area (Å²) in [4.78, 5) is 11.3. The first kappa shape index (κ1) is 10.9. The molecule has 0 aliphatic carbocycles. The molecule has 14 heavy (non-hydrogen) atoms. The zero-order chi connectivity index (χ0) is 10.6. The van der Waals surface area contributed by atoms with Gasteiger partial charge in [-0.25, -0.2) is 4.39 Å². The number of carbonyl (C=O) groups excluding carboxylic acids is 1. The molecule has 0 bridgehead atoms. The Bertz CT molecular complexity index is 376. The fraction of sp³-hybridized carbons (Fsp3) is 0.100. The van der Waals surface area contributed by atoms with Gasteiger partial charge in [-0.15, -0.1) is 0 Å². The molecule has 0 aliphatic heterocycles. The molecule has 0 saturated heterocycles. The highest BCUT2D eigenvalue weighted by Gasteiger charge is 2.05. The summed E-state index contributed by atoms with van der Waals surface area (Å²) in [5.74, 6) is -0.669. The molecule has 1 N–H and O–H groups in total. The van der Waals surface area contributed by atoms with Crippen molar-refractivity contribution < 1.29 is 9.18 Å². The number of amides is 1. The molecule has 0 radical (unpaired) electrons. The maximum atomic E-state index is 12.7. The van der Waals surface area contributed by atoms with Crippen LogP contribution in [-0.2, 0) is 4.79 Å². The van der Waals surface area contributed by atoms with E-state index in [9.17, 15) is 9.18 Å². The largest absolute Gasteiger partial charge is 0.321 e. The third-order valence-corrected chi connectivity index (χ3v) is 2.37. The minimum Gasteiger partial charge on any atom is -0.321 e. The Morgan fingerprint density at radius 2 is 2.29 bits per heavy atom. The van der Waals surface area contributed by atoms with Crippen molar-refractivity contribution in [2.24, 2.45) is 0 Å². The van der Waals surface area contributed by atoms with E-state index in [4.69, 9.17) is 0 Å². The van der Waals surface area contributed by atoms with E-state index in [2.05, 4.69) is 21.2 Å². The molecule has 1 aromatic rings. The highest BCUT2D eigenvalue weighted by atomic mass is 79.9. The number of allylic oxidation sites excluding steroid dienone is 1. The molecule has 1 rings (SSSR count). The number of rotatable bonds is 2. The van der Waals surface area contributed by atoms with Crippen molar-refractivity contribution >= 4 is 27.5 Å². The summed E-state index contributed by atoms with van der Waals surface area (Å²) in [6.45, 7) is 1.73. The van der Waals surface area contributed by atoms with Crippen LogP contribution in [0.25, 0.3) is 0 Å². The molecular formula is C10H9BrFNO. The predicted molar refractivity (Wildman–Crippen MR) is 57.7 cm³/mol. The van der Waals surface area contributed by atoms with Gasteiger partial charge in [-0.1, -0.05) is 12.1 Å². The molecular weight excluding hydrogens is 249 g/mol. The molecule has 0 spiro atoms. The molecule has 1 aromatic carbocycles. The predicted octanol–water partition coefficient (Wildman–Crippen LogP) is 3.06. The summed E-state index contributed by atoms with van der Waals surface area (Å²) in [6, 6.07) is 5.74. The smallest absolute Gasteiger partial charge is 0.262 e. The summed E-state index contributed by atoms with van der Waals surface area (Å²) in [5, 5.41) is 2.54. The molecule has 1 amide bonds. The lowest BCUT2D eigenvalue weighted by molar-refractivity contribution is -0.112. The van der Waals surface area contributed by atoms with Crippen LogP contribution in [-0.4, -0.2) is 5.91 Å². The van der Waals surface area contributed by atoms with Crippen molar-refractivity contribution in [2.75, 3.05) is 5.32 Å². The third-order valence-electron chi connectivity index (χ3n) is 1.55. The average molecular weight is 258 g/mol. The second kappa shape index (κ2) is 4.91. The Morgan fingerprint density at radius 3 is 2.86 bits per heavy atom. The highest BCUT2D eigenvalue weighted by Crippen LogP contribution is 2.12. The maximum absolute atomic E-state index is 12.7. The first-order chi connectivity index (χ1) is 6.63. The van der Waals surface area contributed by atoms with E-state index in [0.29, 0.717) is 10.2 Å². The van der Waals surface area contributed by atoms with Crippen molar-refractivity contribution in [1.29, 1.82) is 0 Å². The maximum Gasteiger partial charge on any atom is 0.262 e. The van der Waals surface area contributed by atoms with Crippen LogP contribution in [0.1, 0.15) is 6.92 Å². The lowest BCUT2D eigenvalue weighted by Crippen LogP contribution is -2.10. The Balaban J connectivity index is 2.75. The van der Waals surface area contributed by atoms with E-state index in [1.54, 1.807) is 19.1 Å². The van der Waals surface area contributed by atoms with Crippen molar-refractivity contribution in [3.05, 3.63) is 40.6 Å². The Hall–Kier alpha value is -1.16. The molecule has 0 saturated carbocycles. The quantitative estimate of drug-likeness (QED) is 0.811. The fourth-order valence-corrected chi connectivity index (χ4v) is 0.987. The minimum atomic E-state index is -0.376. The number of carbonyl (C=O) groups is 1. The van der Waals surface area contributed by atoms with Crippen LogP contribution in [0, 0.1) is 5.82 Å². The average Bonchev–Trinajstić information content (AvgIpc) is 2.16. The lowest BCUT2D eigenvalue weighted by atomic mass is 10.3. The second-order valence-corrected chi connectivity index (χ2v) is 3.46. The van der Waals surface area contributed by atoms with Crippen LogP contribution in [0.2, 0.25) is 0 Å². The van der Waals surface area contributed by atoms with Gasteiger partial charge in [-0.3, -0.25) is 4.79 Å². The Morgan fingerprint density at radius 1 is 1.57 bits per heavy atom. The van der Waals surface area contributed by atoms with Crippen molar-refractivity contribution in [3.8, 4) is 0 Å². The van der Waals surface area contributed by atoms with Crippen molar-refractivity contribution in [2.45, 2.75) is 6.92 Å². The van der Waals surface area contributed by atoms with Crippen LogP contribution in [0.5, 0.6) is 0 Å². The van der Waals surface area contributed by atoms with Crippen LogP contribution in [0.4, 0.5) is 10.1 Å². The van der Waals surface area contributed by atoms with Gasteiger partial charge in [0.15, 0.2) is 0 Å². The molecule has 0 unspecified atom stereocenters. The molecule has 0 atom stereocenters. The van der Waals surface area contributed by atoms with Crippen molar-refractivity contribution in [3.63, 3.8) is 0 Å². The van der Waals surface area contributed by atoms with Gasteiger partial charge in [-0.2, -0.15) is 0 Å². The molecule has 2 nitrogen and oxygen atoms in total. The van der Waals surface area contributed by atoms with Crippen LogP contribution >= 0.6 is 15.9 Å². The van der Waals surface area contributed by atoms with Crippen LogP contribution in [0.3, 0.4) is 0 Å². The molecule has 4 heteroatoms. The lowest BCUT2D eigenvalue weighted by Gasteiger charge is -2.03. The molecule has 0 heterocycles. The molecule has 0 fully saturated rings. The van der Waals surface area contributed by atoms with Gasteiger partial charge >= 0.3 is 0 Å². The van der Waals surface area contributed by atoms with Gasteiger partial charge in [0.2, 0.25) is 0 Å². The molecule has 74 valence electrons. The summed E-state index contributed by atoms with van der Waals surface area (Å²) >= 11 is 3.07. The number of halogens is 2. The summed E-state index contributed by atoms with van der Waals surface area (Å²) in [7, 11) is 0. The van der Waals surface area contributed by atoms with Crippen LogP contribution < -0.4 is 5.32 Å². The van der Waals surface area contributed by atoms with Gasteiger partial charge in [0.05, 0.1) is 4.48 Å². The molecule has 0 aliphatic rings. The molecule has 0 aromatic heterocycles. The highest BCUT2D eigenvalue weighted by molar-refractivity contribution is 9.12. The summed E-state index contributed by atoms with van der Waals surface area (Å²) in [6.07, 6.45) is 1.62. The zero-order valence-electron chi connectivity index (χ0n) is 7.55. The Labute approximate surface area is 89.9 Å². The topological polar surface area (TPSA) is 29.1 Å². The zero-order valence-corrected chi connectivity index (χ0v) is 9.14. The monoisotopic (exact) mass is 257 g/mol. The van der Waals surface area contributed by atoms with Gasteiger partial charge in [-0.05, 0) is 41.1 Å². The van der Waals surface area contributed by atoms with Gasteiger partial charge in [0.1, 0.15) is 5.82 Å².